The Morgan fingerprint density at radius 1 is 1.00 bits per heavy atom. The van der Waals surface area contributed by atoms with E-state index in [-0.39, 0.29) is 0 Å². The topological polar surface area (TPSA) is 26.0 Å². The Morgan fingerprint density at radius 3 is 1.55 bits per heavy atom. The van der Waals surface area contributed by atoms with E-state index in [9.17, 15) is 12.9 Å². The molecule has 0 atom stereocenters. The number of rotatable bonds is 0. The van der Waals surface area contributed by atoms with E-state index >= 15 is 0 Å². The first kappa shape index (κ1) is 10.8. The highest BCUT2D eigenvalue weighted by Gasteiger charge is 2.06. The van der Waals surface area contributed by atoms with Gasteiger partial charge in [0.05, 0.1) is 0 Å². The molecule has 0 saturated heterocycles. The van der Waals surface area contributed by atoms with Gasteiger partial charge in [-0.15, -0.1) is 0 Å². The third kappa shape index (κ3) is 9.81. The highest BCUT2D eigenvalue weighted by molar-refractivity contribution is 6.33. The number of halogens is 3. The molecule has 0 aliphatic heterocycles. The molecule has 1 saturated carbocycles. The van der Waals surface area contributed by atoms with Gasteiger partial charge in [0.15, 0.2) is 0 Å². The minimum atomic E-state index is -3.67. The molecule has 0 aromatic carbocycles. The summed E-state index contributed by atoms with van der Waals surface area (Å²) >= 11 is 0. The summed E-state index contributed by atoms with van der Waals surface area (Å²) < 4.78 is 29.0. The van der Waals surface area contributed by atoms with Crippen LogP contribution in [0.3, 0.4) is 0 Å². The van der Waals surface area contributed by atoms with Gasteiger partial charge in [0, 0.05) is 6.04 Å². The van der Waals surface area contributed by atoms with Crippen LogP contribution in [-0.4, -0.2) is 13.6 Å². The molecule has 0 aromatic rings. The molecule has 1 aliphatic carbocycles. The molecule has 11 heavy (non-hydrogen) atoms. The van der Waals surface area contributed by atoms with Gasteiger partial charge < -0.3 is 5.73 Å². The van der Waals surface area contributed by atoms with Crippen LogP contribution in [0.4, 0.5) is 12.9 Å². The zero-order valence-corrected chi connectivity index (χ0v) is 6.40. The van der Waals surface area contributed by atoms with Crippen LogP contribution >= 0.6 is 0 Å². The summed E-state index contributed by atoms with van der Waals surface area (Å²) in [5.41, 5.74) is 5.63. The zero-order chi connectivity index (χ0) is 8.69. The number of hydrogen-bond donors (Lipinski definition) is 1. The standard InChI is InChI=1S/C6H13N.BF3/c7-6-4-2-1-3-5-6;2-1(3)4/h6H,1-5,7H2;. The fraction of sp³-hybridized carbons (Fsp3) is 1.00. The summed E-state index contributed by atoms with van der Waals surface area (Å²) in [5.74, 6) is 0. The Hall–Kier alpha value is -0.185. The highest BCUT2D eigenvalue weighted by atomic mass is 19.4. The highest BCUT2D eigenvalue weighted by Crippen LogP contribution is 2.14. The van der Waals surface area contributed by atoms with Crippen molar-refractivity contribution < 1.29 is 12.9 Å². The summed E-state index contributed by atoms with van der Waals surface area (Å²) in [6.07, 6.45) is 6.66. The molecule has 2 N–H and O–H groups in total. The van der Waals surface area contributed by atoms with Crippen LogP contribution in [0.5, 0.6) is 0 Å². The number of hydrogen-bond acceptors (Lipinski definition) is 1. The molecule has 0 amide bonds. The van der Waals surface area contributed by atoms with E-state index < -0.39 is 7.54 Å². The first-order chi connectivity index (χ1) is 5.13. The molecule has 5 heteroatoms. The van der Waals surface area contributed by atoms with Gasteiger partial charge >= 0.3 is 7.54 Å². The second-order valence-electron chi connectivity index (χ2n) is 2.65. The van der Waals surface area contributed by atoms with Crippen LogP contribution in [-0.2, 0) is 0 Å². The van der Waals surface area contributed by atoms with Crippen LogP contribution in [0.1, 0.15) is 32.1 Å². The van der Waals surface area contributed by atoms with Crippen LogP contribution in [0.15, 0.2) is 0 Å². The molecular formula is C6H13BF3N. The summed E-state index contributed by atoms with van der Waals surface area (Å²) in [6.45, 7) is 0. The lowest BCUT2D eigenvalue weighted by molar-refractivity contribution is 0.441. The molecule has 0 spiro atoms. The summed E-state index contributed by atoms with van der Waals surface area (Å²) in [4.78, 5) is 0. The average Bonchev–Trinajstić information content (AvgIpc) is 1.87. The lowest BCUT2D eigenvalue weighted by Crippen LogP contribution is -2.22. The van der Waals surface area contributed by atoms with Gasteiger partial charge in [0.1, 0.15) is 0 Å². The Balaban J connectivity index is 0.000000218. The van der Waals surface area contributed by atoms with Crippen molar-refractivity contribution >= 4 is 7.54 Å². The van der Waals surface area contributed by atoms with Crippen LogP contribution in [0.25, 0.3) is 0 Å². The van der Waals surface area contributed by atoms with Crippen LogP contribution in [0, 0.1) is 0 Å². The van der Waals surface area contributed by atoms with Crippen molar-refractivity contribution in [3.8, 4) is 0 Å². The molecule has 0 unspecified atom stereocenters. The maximum absolute atomic E-state index is 9.67. The van der Waals surface area contributed by atoms with E-state index in [0.717, 1.165) is 0 Å². The molecular weight excluding hydrogens is 154 g/mol. The summed E-state index contributed by atoms with van der Waals surface area (Å²) in [7, 11) is -3.67. The van der Waals surface area contributed by atoms with E-state index in [2.05, 4.69) is 0 Å². The van der Waals surface area contributed by atoms with Crippen LogP contribution in [0.2, 0.25) is 0 Å². The molecule has 0 bridgehead atoms. The lowest BCUT2D eigenvalue weighted by atomic mass is 9.97. The van der Waals surface area contributed by atoms with Crippen molar-refractivity contribution in [2.45, 2.75) is 38.1 Å². The normalized spacial score (nSPS) is 18.5. The Bertz CT molecular complexity index is 83.1. The Labute approximate surface area is 65.4 Å². The minimum Gasteiger partial charge on any atom is -0.328 e. The third-order valence-electron chi connectivity index (χ3n) is 1.65. The van der Waals surface area contributed by atoms with Gasteiger partial charge in [-0.1, -0.05) is 19.3 Å². The maximum atomic E-state index is 9.67. The van der Waals surface area contributed by atoms with Crippen molar-refractivity contribution in [2.24, 2.45) is 5.73 Å². The molecule has 0 aromatic heterocycles. The van der Waals surface area contributed by atoms with E-state index in [0.29, 0.717) is 6.04 Å². The summed E-state index contributed by atoms with van der Waals surface area (Å²) in [6, 6.07) is 0.536. The molecule has 1 fully saturated rings. The van der Waals surface area contributed by atoms with E-state index in [1.807, 2.05) is 0 Å². The Morgan fingerprint density at radius 2 is 1.36 bits per heavy atom. The van der Waals surface area contributed by atoms with Gasteiger partial charge in [-0.3, -0.25) is 12.9 Å². The largest absolute Gasteiger partial charge is 0.762 e. The summed E-state index contributed by atoms with van der Waals surface area (Å²) in [5, 5.41) is 0. The predicted molar refractivity (Wildman–Crippen MR) is 40.1 cm³/mol. The number of nitrogens with two attached hydrogens (primary N) is 1. The molecule has 0 heterocycles. The lowest BCUT2D eigenvalue weighted by Gasteiger charge is -2.15. The molecule has 1 aliphatic rings. The van der Waals surface area contributed by atoms with Gasteiger partial charge in [-0.2, -0.15) is 0 Å². The van der Waals surface area contributed by atoms with Gasteiger partial charge in [0.25, 0.3) is 0 Å². The maximum Gasteiger partial charge on any atom is 0.762 e. The SMILES string of the molecule is FB(F)F.NC1CCCCC1. The molecule has 0 radical (unpaired) electrons. The second-order valence-corrected chi connectivity index (χ2v) is 2.65. The molecule has 1 nitrogen and oxygen atoms in total. The monoisotopic (exact) mass is 167 g/mol. The fourth-order valence-electron chi connectivity index (χ4n) is 1.13. The quantitative estimate of drug-likeness (QED) is 0.549. The van der Waals surface area contributed by atoms with Gasteiger partial charge in [-0.05, 0) is 12.8 Å². The average molecular weight is 167 g/mol. The third-order valence-corrected chi connectivity index (χ3v) is 1.65. The minimum absolute atomic E-state index is 0.536. The smallest absolute Gasteiger partial charge is 0.328 e. The van der Waals surface area contributed by atoms with E-state index in [1.165, 1.54) is 32.1 Å². The first-order valence-electron chi connectivity index (χ1n) is 3.80. The van der Waals surface area contributed by atoms with Crippen molar-refractivity contribution in [3.05, 3.63) is 0 Å². The molecule has 66 valence electrons. The van der Waals surface area contributed by atoms with E-state index in [4.69, 9.17) is 5.73 Å². The van der Waals surface area contributed by atoms with Crippen molar-refractivity contribution in [1.82, 2.24) is 0 Å². The van der Waals surface area contributed by atoms with Gasteiger partial charge in [-0.25, -0.2) is 0 Å². The Kier molecular flexibility index (Phi) is 6.41. The fourth-order valence-corrected chi connectivity index (χ4v) is 1.13. The van der Waals surface area contributed by atoms with Crippen molar-refractivity contribution in [3.63, 3.8) is 0 Å². The molecule has 1 rings (SSSR count). The first-order valence-corrected chi connectivity index (χ1v) is 3.80. The van der Waals surface area contributed by atoms with Crippen molar-refractivity contribution in [2.75, 3.05) is 0 Å². The van der Waals surface area contributed by atoms with Gasteiger partial charge in [0.2, 0.25) is 0 Å². The van der Waals surface area contributed by atoms with Crippen molar-refractivity contribution in [1.29, 1.82) is 0 Å². The van der Waals surface area contributed by atoms with Crippen LogP contribution < -0.4 is 5.73 Å². The predicted octanol–water partition coefficient (Wildman–Crippen LogP) is 2.16. The zero-order valence-electron chi connectivity index (χ0n) is 6.40. The van der Waals surface area contributed by atoms with E-state index in [1.54, 1.807) is 0 Å². The second kappa shape index (κ2) is 6.52.